The maximum absolute atomic E-state index is 13.7. The van der Waals surface area contributed by atoms with Gasteiger partial charge in [-0.05, 0) is 26.8 Å². The summed E-state index contributed by atoms with van der Waals surface area (Å²) in [5.74, 6) is -2.67. The molecule has 1 aromatic carbocycles. The number of hydrogen-bond acceptors (Lipinski definition) is 6. The molecule has 0 bridgehead atoms. The fraction of sp³-hybridized carbons (Fsp3) is 0.364. The van der Waals surface area contributed by atoms with E-state index in [2.05, 4.69) is 0 Å². The van der Waals surface area contributed by atoms with Gasteiger partial charge in [-0.15, -0.1) is 0 Å². The van der Waals surface area contributed by atoms with Crippen LogP contribution in [0.3, 0.4) is 0 Å². The summed E-state index contributed by atoms with van der Waals surface area (Å²) in [4.78, 5) is 20.2. The third kappa shape index (κ3) is 4.36. The number of hydrogen-bond donors (Lipinski definition) is 0. The first kappa shape index (κ1) is 17.3. The summed E-state index contributed by atoms with van der Waals surface area (Å²) in [5, 5.41) is 10.7. The summed E-state index contributed by atoms with van der Waals surface area (Å²) in [7, 11) is 0.404. The predicted octanol–water partition coefficient (Wildman–Crippen LogP) is 2.62. The Kier molecular flexibility index (Phi) is 4.59. The molecule has 0 saturated carbocycles. The first-order valence-electron chi connectivity index (χ1n) is 5.49. The van der Waals surface area contributed by atoms with E-state index >= 15 is 0 Å². The van der Waals surface area contributed by atoms with Crippen LogP contribution in [0.1, 0.15) is 31.1 Å². The topological polar surface area (TPSA) is 104 Å². The molecule has 0 heterocycles. The van der Waals surface area contributed by atoms with Gasteiger partial charge in [0.15, 0.2) is 0 Å². The van der Waals surface area contributed by atoms with Crippen LogP contribution in [0.25, 0.3) is 0 Å². The molecule has 0 amide bonds. The van der Waals surface area contributed by atoms with E-state index in [1.807, 2.05) is 0 Å². The lowest BCUT2D eigenvalue weighted by Crippen LogP contribution is -2.24. The molecule has 0 radical (unpaired) electrons. The van der Waals surface area contributed by atoms with Crippen LogP contribution in [0.5, 0.6) is 0 Å². The van der Waals surface area contributed by atoms with Gasteiger partial charge < -0.3 is 4.74 Å². The fourth-order valence-electron chi connectivity index (χ4n) is 1.35. The molecule has 0 atom stereocenters. The van der Waals surface area contributed by atoms with Crippen molar-refractivity contribution in [3.63, 3.8) is 0 Å². The molecule has 0 unspecified atom stereocenters. The number of benzene rings is 1. The van der Waals surface area contributed by atoms with E-state index in [4.69, 9.17) is 15.4 Å². The summed E-state index contributed by atoms with van der Waals surface area (Å²) < 4.78 is 41.2. The number of carbonyl (C=O) groups is 1. The molecule has 0 aliphatic rings. The molecule has 0 aliphatic heterocycles. The van der Waals surface area contributed by atoms with E-state index < -0.39 is 47.5 Å². The molecule has 1 aromatic rings. The molecule has 0 aliphatic carbocycles. The normalized spacial score (nSPS) is 12.0. The smallest absolute Gasteiger partial charge is 0.338 e. The van der Waals surface area contributed by atoms with Crippen molar-refractivity contribution in [2.45, 2.75) is 31.3 Å². The Balaban J connectivity index is 3.52. The van der Waals surface area contributed by atoms with Gasteiger partial charge in [0.2, 0.25) is 5.82 Å². The van der Waals surface area contributed by atoms with E-state index in [-0.39, 0.29) is 0 Å². The van der Waals surface area contributed by atoms with Gasteiger partial charge in [0.05, 0.1) is 10.5 Å². The van der Waals surface area contributed by atoms with Crippen LogP contribution in [-0.4, -0.2) is 24.9 Å². The predicted molar refractivity (Wildman–Crippen MR) is 71.3 cm³/mol. The average molecular weight is 340 g/mol. The van der Waals surface area contributed by atoms with Gasteiger partial charge in [-0.25, -0.2) is 13.2 Å². The molecule has 10 heteroatoms. The van der Waals surface area contributed by atoms with Crippen LogP contribution >= 0.6 is 10.7 Å². The molecule has 1 rings (SSSR count). The summed E-state index contributed by atoms with van der Waals surface area (Å²) in [5.41, 5.74) is -2.59. The van der Waals surface area contributed by atoms with E-state index in [0.29, 0.717) is 12.1 Å². The Bertz CT molecular complexity index is 710. The van der Waals surface area contributed by atoms with Gasteiger partial charge in [0.25, 0.3) is 9.05 Å². The van der Waals surface area contributed by atoms with Gasteiger partial charge in [-0.2, -0.15) is 4.39 Å². The highest BCUT2D eigenvalue weighted by Gasteiger charge is 2.29. The summed E-state index contributed by atoms with van der Waals surface area (Å²) in [6.45, 7) is 4.63. The van der Waals surface area contributed by atoms with Crippen molar-refractivity contribution >= 4 is 31.4 Å². The first-order chi connectivity index (χ1) is 9.33. The molecule has 116 valence electrons. The lowest BCUT2D eigenvalue weighted by molar-refractivity contribution is -0.387. The minimum atomic E-state index is -4.60. The third-order valence-corrected chi connectivity index (χ3v) is 3.44. The second-order valence-corrected chi connectivity index (χ2v) is 7.54. The zero-order valence-electron chi connectivity index (χ0n) is 11.2. The van der Waals surface area contributed by atoms with Crippen molar-refractivity contribution in [2.75, 3.05) is 0 Å². The van der Waals surface area contributed by atoms with E-state index in [1.54, 1.807) is 20.8 Å². The lowest BCUT2D eigenvalue weighted by atomic mass is 10.1. The second kappa shape index (κ2) is 5.57. The second-order valence-electron chi connectivity index (χ2n) is 5.00. The molecule has 21 heavy (non-hydrogen) atoms. The molecule has 0 aromatic heterocycles. The Morgan fingerprint density at radius 2 is 1.90 bits per heavy atom. The van der Waals surface area contributed by atoms with Crippen LogP contribution in [0.2, 0.25) is 0 Å². The van der Waals surface area contributed by atoms with E-state index in [1.165, 1.54) is 0 Å². The standard InChI is InChI=1S/C11H11ClFNO6S/c1-11(2,3)20-10(15)6-4-7(14(16)17)9(13)8(5-6)21(12,18)19/h4-5H,1-3H3. The van der Waals surface area contributed by atoms with Crippen LogP contribution in [-0.2, 0) is 13.8 Å². The zero-order chi connectivity index (χ0) is 16.6. The molecule has 0 spiro atoms. The highest BCUT2D eigenvalue weighted by Crippen LogP contribution is 2.29. The van der Waals surface area contributed by atoms with Crippen molar-refractivity contribution < 1.29 is 27.3 Å². The minimum absolute atomic E-state index is 0.489. The summed E-state index contributed by atoms with van der Waals surface area (Å²) in [6.07, 6.45) is 0. The number of esters is 1. The number of rotatable bonds is 3. The average Bonchev–Trinajstić information content (AvgIpc) is 2.24. The highest BCUT2D eigenvalue weighted by molar-refractivity contribution is 8.13. The molecule has 0 saturated heterocycles. The van der Waals surface area contributed by atoms with Gasteiger partial charge >= 0.3 is 11.7 Å². The van der Waals surface area contributed by atoms with Gasteiger partial charge in [0, 0.05) is 16.7 Å². The minimum Gasteiger partial charge on any atom is -0.456 e. The maximum Gasteiger partial charge on any atom is 0.338 e. The van der Waals surface area contributed by atoms with Crippen molar-refractivity contribution in [3.05, 3.63) is 33.6 Å². The number of nitro groups is 1. The zero-order valence-corrected chi connectivity index (χ0v) is 12.8. The van der Waals surface area contributed by atoms with Crippen molar-refractivity contribution in [2.24, 2.45) is 0 Å². The molecule has 0 fully saturated rings. The Morgan fingerprint density at radius 3 is 2.29 bits per heavy atom. The van der Waals surface area contributed by atoms with Gasteiger partial charge in [-0.3, -0.25) is 10.1 Å². The lowest BCUT2D eigenvalue weighted by Gasteiger charge is -2.19. The molecular weight excluding hydrogens is 329 g/mol. The number of carbonyl (C=O) groups excluding carboxylic acids is 1. The van der Waals surface area contributed by atoms with Gasteiger partial charge in [0.1, 0.15) is 10.5 Å². The SMILES string of the molecule is CC(C)(C)OC(=O)c1cc([N+](=O)[O-])c(F)c(S(=O)(=O)Cl)c1. The third-order valence-electron chi connectivity index (χ3n) is 2.11. The Labute approximate surface area is 124 Å². The van der Waals surface area contributed by atoms with Crippen molar-refractivity contribution in [1.29, 1.82) is 0 Å². The maximum atomic E-state index is 13.7. The largest absolute Gasteiger partial charge is 0.456 e. The first-order valence-corrected chi connectivity index (χ1v) is 7.80. The molecular formula is C11H11ClFNO6S. The number of nitro benzene ring substituents is 1. The van der Waals surface area contributed by atoms with E-state index in [9.17, 15) is 27.7 Å². The fourth-order valence-corrected chi connectivity index (χ4v) is 2.27. The van der Waals surface area contributed by atoms with Crippen molar-refractivity contribution in [3.8, 4) is 0 Å². The Hall–Kier alpha value is -1.74. The summed E-state index contributed by atoms with van der Waals surface area (Å²) >= 11 is 0. The highest BCUT2D eigenvalue weighted by atomic mass is 35.7. The van der Waals surface area contributed by atoms with E-state index in [0.717, 1.165) is 0 Å². The Morgan fingerprint density at radius 1 is 1.38 bits per heavy atom. The van der Waals surface area contributed by atoms with Crippen LogP contribution in [0.4, 0.5) is 10.1 Å². The number of ether oxygens (including phenoxy) is 1. The monoisotopic (exact) mass is 339 g/mol. The molecule has 7 nitrogen and oxygen atoms in total. The van der Waals surface area contributed by atoms with Crippen LogP contribution in [0, 0.1) is 15.9 Å². The van der Waals surface area contributed by atoms with Crippen molar-refractivity contribution in [1.82, 2.24) is 0 Å². The quantitative estimate of drug-likeness (QED) is 0.363. The molecule has 0 N–H and O–H groups in total. The number of halogens is 2. The summed E-state index contributed by atoms with van der Waals surface area (Å²) in [6, 6.07) is 1.19. The number of nitrogens with zero attached hydrogens (tertiary/aromatic N) is 1. The van der Waals surface area contributed by atoms with Gasteiger partial charge in [-0.1, -0.05) is 0 Å². The van der Waals surface area contributed by atoms with Crippen LogP contribution in [0.15, 0.2) is 17.0 Å². The van der Waals surface area contributed by atoms with Crippen LogP contribution < -0.4 is 0 Å².